The Morgan fingerprint density at radius 1 is 0.210 bits per heavy atom. The van der Waals surface area contributed by atoms with Crippen LogP contribution in [0.15, 0.2) is 267 Å². The van der Waals surface area contributed by atoms with Gasteiger partial charge < -0.3 is 8.80 Å². The summed E-state index contributed by atoms with van der Waals surface area (Å²) in [6, 6.07) is 102. The molecule has 2 aliphatic carbocycles. The standard InChI is InChI=1S/C79H44N2/c1-2-19-46-45(18-1)42-43-67-73(46)57-22-3-7-35-64(57)79(67)65-36-8-4-23-58(65)74-59(32-15-37-66(74)79)72-53-26-11-24-47(51-28-16-40-70-75(51)60-33-13-30-55-49-20-5-9-38-68(49)80(70)77(55)60)62(53)44-63-48(25-12-27-54(63)72)52-29-17-41-71-76(52)61-34-14-31-56-50-21-6-10-39-69(50)81(71)78(56)61/h1-44H. The van der Waals surface area contributed by atoms with Gasteiger partial charge in [-0.3, -0.25) is 0 Å². The van der Waals surface area contributed by atoms with Crippen molar-refractivity contribution in [3.63, 3.8) is 0 Å². The Morgan fingerprint density at radius 2 is 0.605 bits per heavy atom. The van der Waals surface area contributed by atoms with Crippen molar-refractivity contribution in [2.75, 3.05) is 0 Å². The van der Waals surface area contributed by atoms with Crippen molar-refractivity contribution in [1.29, 1.82) is 0 Å². The second-order valence-electron chi connectivity index (χ2n) is 22.8. The largest absolute Gasteiger partial charge is 0.308 e. The van der Waals surface area contributed by atoms with Crippen molar-refractivity contribution in [2.24, 2.45) is 0 Å². The van der Waals surface area contributed by atoms with Crippen LogP contribution in [0.3, 0.4) is 0 Å². The van der Waals surface area contributed by atoms with E-state index in [0.717, 1.165) is 0 Å². The number of fused-ring (bicyclic) bond motifs is 26. The molecule has 0 radical (unpaired) electrons. The van der Waals surface area contributed by atoms with Gasteiger partial charge in [0.25, 0.3) is 0 Å². The molecule has 18 aromatic rings. The van der Waals surface area contributed by atoms with Gasteiger partial charge in [0.2, 0.25) is 0 Å². The molecule has 4 heterocycles. The van der Waals surface area contributed by atoms with Crippen molar-refractivity contribution in [3.8, 4) is 55.6 Å². The zero-order valence-electron chi connectivity index (χ0n) is 43.8. The van der Waals surface area contributed by atoms with Gasteiger partial charge in [-0.15, -0.1) is 0 Å². The first kappa shape index (κ1) is 42.5. The molecule has 81 heavy (non-hydrogen) atoms. The molecule has 0 bridgehead atoms. The molecular weight excluding hydrogens is 977 g/mol. The van der Waals surface area contributed by atoms with Crippen LogP contribution in [0.2, 0.25) is 0 Å². The minimum absolute atomic E-state index is 0.521. The van der Waals surface area contributed by atoms with Gasteiger partial charge in [-0.1, -0.05) is 237 Å². The lowest BCUT2D eigenvalue weighted by molar-refractivity contribution is 0.794. The van der Waals surface area contributed by atoms with Crippen LogP contribution >= 0.6 is 0 Å². The summed E-state index contributed by atoms with van der Waals surface area (Å²) in [5.74, 6) is 0. The van der Waals surface area contributed by atoms with Crippen molar-refractivity contribution >= 4 is 109 Å². The molecule has 2 aliphatic rings. The van der Waals surface area contributed by atoms with Crippen molar-refractivity contribution in [2.45, 2.75) is 5.41 Å². The first-order valence-corrected chi connectivity index (χ1v) is 28.4. The lowest BCUT2D eigenvalue weighted by atomic mass is 9.70. The third kappa shape index (κ3) is 5.00. The highest BCUT2D eigenvalue weighted by Gasteiger charge is 2.52. The highest BCUT2D eigenvalue weighted by molar-refractivity contribution is 6.30. The number of benzene rings is 14. The molecule has 0 saturated heterocycles. The van der Waals surface area contributed by atoms with Crippen molar-refractivity contribution in [1.82, 2.24) is 8.80 Å². The predicted octanol–water partition coefficient (Wildman–Crippen LogP) is 20.8. The van der Waals surface area contributed by atoms with Crippen LogP contribution in [0.5, 0.6) is 0 Å². The third-order valence-corrected chi connectivity index (χ3v) is 19.4. The Bertz CT molecular complexity index is 5610. The summed E-state index contributed by atoms with van der Waals surface area (Å²) in [4.78, 5) is 0. The Kier molecular flexibility index (Phi) is 7.85. The molecule has 0 aliphatic heterocycles. The van der Waals surface area contributed by atoms with Gasteiger partial charge in [0, 0.05) is 43.1 Å². The van der Waals surface area contributed by atoms with Gasteiger partial charge in [0.1, 0.15) is 0 Å². The molecule has 0 fully saturated rings. The molecule has 20 rings (SSSR count). The maximum atomic E-state index is 2.56. The summed E-state index contributed by atoms with van der Waals surface area (Å²) in [6.45, 7) is 0. The molecule has 1 spiro atoms. The molecule has 0 amide bonds. The van der Waals surface area contributed by atoms with Crippen LogP contribution in [0, 0.1) is 0 Å². The van der Waals surface area contributed by atoms with E-state index in [1.807, 2.05) is 0 Å². The number of aromatic nitrogens is 2. The van der Waals surface area contributed by atoms with E-state index < -0.39 is 5.41 Å². The van der Waals surface area contributed by atoms with Gasteiger partial charge in [-0.25, -0.2) is 0 Å². The monoisotopic (exact) mass is 1020 g/mol. The van der Waals surface area contributed by atoms with Crippen LogP contribution in [0.25, 0.3) is 164 Å². The predicted molar refractivity (Wildman–Crippen MR) is 341 cm³/mol. The molecule has 0 saturated carbocycles. The second kappa shape index (κ2) is 15.0. The lowest BCUT2D eigenvalue weighted by Gasteiger charge is -2.30. The normalized spacial score (nSPS) is 14.7. The molecule has 0 N–H and O–H groups in total. The lowest BCUT2D eigenvalue weighted by Crippen LogP contribution is -2.25. The van der Waals surface area contributed by atoms with E-state index in [1.165, 1.54) is 186 Å². The number of hydrogen-bond donors (Lipinski definition) is 0. The highest BCUT2D eigenvalue weighted by atomic mass is 14.9. The Morgan fingerprint density at radius 3 is 1.22 bits per heavy atom. The van der Waals surface area contributed by atoms with Crippen LogP contribution in [0.4, 0.5) is 0 Å². The summed E-state index contributed by atoms with van der Waals surface area (Å²) in [7, 11) is 0. The number of hydrogen-bond acceptors (Lipinski definition) is 0. The molecule has 1 atom stereocenters. The fourth-order valence-electron chi connectivity index (χ4n) is 16.5. The average molecular weight is 1020 g/mol. The maximum Gasteiger partial charge on any atom is 0.0725 e. The van der Waals surface area contributed by atoms with Gasteiger partial charge in [0.05, 0.1) is 38.5 Å². The summed E-state index contributed by atoms with van der Waals surface area (Å²) in [5, 5.41) is 17.8. The van der Waals surface area contributed by atoms with Gasteiger partial charge in [-0.05, 0) is 141 Å². The summed E-state index contributed by atoms with van der Waals surface area (Å²) in [5.41, 5.74) is 25.1. The summed E-state index contributed by atoms with van der Waals surface area (Å²) >= 11 is 0. The van der Waals surface area contributed by atoms with E-state index in [-0.39, 0.29) is 0 Å². The van der Waals surface area contributed by atoms with Crippen LogP contribution < -0.4 is 0 Å². The number of rotatable bonds is 3. The average Bonchev–Trinajstić information content (AvgIpc) is 2.82. The number of nitrogens with zero attached hydrogens (tertiary/aromatic N) is 2. The molecule has 14 aromatic carbocycles. The van der Waals surface area contributed by atoms with Gasteiger partial charge in [-0.2, -0.15) is 0 Å². The summed E-state index contributed by atoms with van der Waals surface area (Å²) < 4.78 is 5.03. The fourth-order valence-corrected chi connectivity index (χ4v) is 16.5. The second-order valence-corrected chi connectivity index (χ2v) is 22.8. The van der Waals surface area contributed by atoms with E-state index in [0.29, 0.717) is 0 Å². The third-order valence-electron chi connectivity index (χ3n) is 19.4. The quantitative estimate of drug-likeness (QED) is 0.156. The van der Waals surface area contributed by atoms with Crippen LogP contribution in [-0.4, -0.2) is 8.80 Å². The van der Waals surface area contributed by atoms with Crippen molar-refractivity contribution < 1.29 is 0 Å². The zero-order valence-corrected chi connectivity index (χ0v) is 43.8. The molecular formula is C79H44N2. The molecule has 2 nitrogen and oxygen atoms in total. The molecule has 4 aromatic heterocycles. The number of para-hydroxylation sites is 4. The van der Waals surface area contributed by atoms with E-state index in [2.05, 4.69) is 276 Å². The molecule has 370 valence electrons. The van der Waals surface area contributed by atoms with Crippen molar-refractivity contribution in [3.05, 3.63) is 289 Å². The first-order chi connectivity index (χ1) is 40.3. The Labute approximate surface area is 464 Å². The molecule has 2 heteroatoms. The fraction of sp³-hybridized carbons (Fsp3) is 0.0127. The minimum atomic E-state index is -0.521. The Hall–Kier alpha value is -10.5. The van der Waals surface area contributed by atoms with E-state index in [4.69, 9.17) is 0 Å². The highest BCUT2D eigenvalue weighted by Crippen LogP contribution is 2.65. The van der Waals surface area contributed by atoms with Gasteiger partial charge >= 0.3 is 0 Å². The minimum Gasteiger partial charge on any atom is -0.308 e. The van der Waals surface area contributed by atoms with E-state index in [1.54, 1.807) is 0 Å². The summed E-state index contributed by atoms with van der Waals surface area (Å²) in [6.07, 6.45) is 0. The first-order valence-electron chi connectivity index (χ1n) is 28.4. The SMILES string of the molecule is c1ccc2c(c1)-c1c(-c3c4cccc(-c5cccc6c5c5cccc7c8ccccc8n6c75)c4cc4c(-c5cccc6c5c5cccc7c8ccccc8n6c75)cccc34)cccc1C21c2ccccc2-c2c1ccc1ccccc21. The van der Waals surface area contributed by atoms with E-state index in [9.17, 15) is 0 Å². The van der Waals surface area contributed by atoms with Crippen LogP contribution in [-0.2, 0) is 5.41 Å². The van der Waals surface area contributed by atoms with Crippen LogP contribution in [0.1, 0.15) is 22.3 Å². The van der Waals surface area contributed by atoms with E-state index >= 15 is 0 Å². The zero-order chi connectivity index (χ0) is 52.4. The maximum absolute atomic E-state index is 2.56. The topological polar surface area (TPSA) is 8.82 Å². The smallest absolute Gasteiger partial charge is 0.0725 e. The molecule has 1 unspecified atom stereocenters. The van der Waals surface area contributed by atoms with Gasteiger partial charge in [0.15, 0.2) is 0 Å². The Balaban J connectivity index is 0.937.